The summed E-state index contributed by atoms with van der Waals surface area (Å²) in [6, 6.07) is 9.30. The van der Waals surface area contributed by atoms with E-state index in [-0.39, 0.29) is 25.4 Å². The van der Waals surface area contributed by atoms with E-state index in [2.05, 4.69) is 5.16 Å². The third-order valence-electron chi connectivity index (χ3n) is 3.40. The standard InChI is InChI=1S/C16H18N2O4/c1-11-14(12(2)22-17-11)8-15(19)18(10-16(20)21)9-13-6-4-3-5-7-13/h3-7H,8-10H2,1-2H3,(H,20,21). The maximum absolute atomic E-state index is 12.4. The molecular formula is C16H18N2O4. The summed E-state index contributed by atoms with van der Waals surface area (Å²) in [5.74, 6) is -0.718. The summed E-state index contributed by atoms with van der Waals surface area (Å²) in [6.07, 6.45) is 0.0846. The molecule has 0 bridgehead atoms. The number of carboxylic acids is 1. The number of hydrogen-bond acceptors (Lipinski definition) is 4. The Hall–Kier alpha value is -2.63. The quantitative estimate of drug-likeness (QED) is 0.881. The maximum Gasteiger partial charge on any atom is 0.323 e. The van der Waals surface area contributed by atoms with Gasteiger partial charge in [0.2, 0.25) is 5.91 Å². The van der Waals surface area contributed by atoms with Crippen molar-refractivity contribution >= 4 is 11.9 Å². The number of benzene rings is 1. The molecule has 0 radical (unpaired) electrons. The zero-order valence-corrected chi connectivity index (χ0v) is 12.6. The van der Waals surface area contributed by atoms with Gasteiger partial charge in [-0.25, -0.2) is 0 Å². The average molecular weight is 302 g/mol. The fourth-order valence-corrected chi connectivity index (χ4v) is 2.22. The van der Waals surface area contributed by atoms with Crippen LogP contribution in [0.4, 0.5) is 0 Å². The van der Waals surface area contributed by atoms with E-state index in [1.807, 2.05) is 30.3 Å². The number of carboxylic acid groups (broad SMARTS) is 1. The SMILES string of the molecule is Cc1noc(C)c1CC(=O)N(CC(=O)O)Cc1ccccc1. The van der Waals surface area contributed by atoms with Crippen LogP contribution in [-0.4, -0.2) is 33.6 Å². The molecule has 6 heteroatoms. The van der Waals surface area contributed by atoms with Crippen molar-refractivity contribution in [2.45, 2.75) is 26.8 Å². The molecule has 0 fully saturated rings. The van der Waals surface area contributed by atoms with E-state index in [0.29, 0.717) is 17.0 Å². The van der Waals surface area contributed by atoms with Gasteiger partial charge in [0.15, 0.2) is 0 Å². The lowest BCUT2D eigenvalue weighted by atomic mass is 10.1. The molecule has 0 spiro atoms. The van der Waals surface area contributed by atoms with Crippen LogP contribution in [0, 0.1) is 13.8 Å². The lowest BCUT2D eigenvalue weighted by Gasteiger charge is -2.21. The van der Waals surface area contributed by atoms with Gasteiger partial charge in [0, 0.05) is 12.1 Å². The van der Waals surface area contributed by atoms with Crippen molar-refractivity contribution < 1.29 is 19.2 Å². The number of aryl methyl sites for hydroxylation is 2. The highest BCUT2D eigenvalue weighted by molar-refractivity contribution is 5.83. The maximum atomic E-state index is 12.4. The predicted molar refractivity (Wildman–Crippen MR) is 79.2 cm³/mol. The normalized spacial score (nSPS) is 10.5. The van der Waals surface area contributed by atoms with Gasteiger partial charge < -0.3 is 14.5 Å². The average Bonchev–Trinajstić information content (AvgIpc) is 2.79. The molecule has 0 aliphatic carbocycles. The molecule has 0 aliphatic rings. The minimum atomic E-state index is -1.04. The molecule has 1 N–H and O–H groups in total. The smallest absolute Gasteiger partial charge is 0.323 e. The molecule has 116 valence electrons. The van der Waals surface area contributed by atoms with Crippen molar-refractivity contribution in [3.8, 4) is 0 Å². The summed E-state index contributed by atoms with van der Waals surface area (Å²) in [7, 11) is 0. The third kappa shape index (κ3) is 3.94. The zero-order chi connectivity index (χ0) is 16.1. The number of aromatic nitrogens is 1. The van der Waals surface area contributed by atoms with Crippen LogP contribution in [0.1, 0.15) is 22.6 Å². The molecule has 1 aromatic heterocycles. The summed E-state index contributed by atoms with van der Waals surface area (Å²) in [6.45, 7) is 3.42. The fourth-order valence-electron chi connectivity index (χ4n) is 2.22. The van der Waals surface area contributed by atoms with E-state index < -0.39 is 5.97 Å². The third-order valence-corrected chi connectivity index (χ3v) is 3.40. The molecule has 1 heterocycles. The number of rotatable bonds is 6. The van der Waals surface area contributed by atoms with Crippen LogP contribution in [0.15, 0.2) is 34.9 Å². The molecule has 2 aromatic rings. The van der Waals surface area contributed by atoms with Crippen molar-refractivity contribution in [3.05, 3.63) is 52.9 Å². The largest absolute Gasteiger partial charge is 0.480 e. The molecule has 2 rings (SSSR count). The highest BCUT2D eigenvalue weighted by atomic mass is 16.5. The summed E-state index contributed by atoms with van der Waals surface area (Å²) in [5, 5.41) is 12.8. The van der Waals surface area contributed by atoms with E-state index in [9.17, 15) is 9.59 Å². The number of amides is 1. The Labute approximate surface area is 128 Å². The molecule has 0 aliphatic heterocycles. The van der Waals surface area contributed by atoms with E-state index in [4.69, 9.17) is 9.63 Å². The van der Waals surface area contributed by atoms with Gasteiger partial charge in [0.1, 0.15) is 12.3 Å². The Kier molecular flexibility index (Phi) is 4.93. The molecule has 1 aromatic carbocycles. The summed E-state index contributed by atoms with van der Waals surface area (Å²) in [4.78, 5) is 24.8. The van der Waals surface area contributed by atoms with E-state index in [0.717, 1.165) is 5.56 Å². The Bertz CT molecular complexity index is 645. The van der Waals surface area contributed by atoms with Gasteiger partial charge in [-0.2, -0.15) is 0 Å². The highest BCUT2D eigenvalue weighted by Crippen LogP contribution is 2.15. The van der Waals surface area contributed by atoms with Crippen LogP contribution < -0.4 is 0 Å². The van der Waals surface area contributed by atoms with Gasteiger partial charge in [-0.05, 0) is 19.4 Å². The van der Waals surface area contributed by atoms with Crippen molar-refractivity contribution in [1.82, 2.24) is 10.1 Å². The molecule has 0 saturated carbocycles. The Morgan fingerprint density at radius 3 is 2.45 bits per heavy atom. The molecule has 22 heavy (non-hydrogen) atoms. The number of carbonyl (C=O) groups excluding carboxylic acids is 1. The first kappa shape index (κ1) is 15.8. The summed E-state index contributed by atoms with van der Waals surface area (Å²) in [5.41, 5.74) is 2.25. The molecule has 0 saturated heterocycles. The fraction of sp³-hybridized carbons (Fsp3) is 0.312. The van der Waals surface area contributed by atoms with Gasteiger partial charge >= 0.3 is 5.97 Å². The van der Waals surface area contributed by atoms with Gasteiger partial charge in [-0.3, -0.25) is 9.59 Å². The van der Waals surface area contributed by atoms with Gasteiger partial charge in [-0.15, -0.1) is 0 Å². The van der Waals surface area contributed by atoms with Crippen molar-refractivity contribution in [3.63, 3.8) is 0 Å². The monoisotopic (exact) mass is 302 g/mol. The number of nitrogens with zero attached hydrogens (tertiary/aromatic N) is 2. The van der Waals surface area contributed by atoms with Gasteiger partial charge in [0.25, 0.3) is 0 Å². The minimum absolute atomic E-state index is 0.0846. The molecule has 6 nitrogen and oxygen atoms in total. The minimum Gasteiger partial charge on any atom is -0.480 e. The van der Waals surface area contributed by atoms with Gasteiger partial charge in [-0.1, -0.05) is 35.5 Å². The highest BCUT2D eigenvalue weighted by Gasteiger charge is 2.21. The molecule has 0 unspecified atom stereocenters. The topological polar surface area (TPSA) is 83.6 Å². The molecule has 1 amide bonds. The second kappa shape index (κ2) is 6.89. The lowest BCUT2D eigenvalue weighted by Crippen LogP contribution is -2.36. The number of carbonyl (C=O) groups is 2. The Morgan fingerprint density at radius 2 is 1.91 bits per heavy atom. The van der Waals surface area contributed by atoms with Crippen LogP contribution in [0.2, 0.25) is 0 Å². The van der Waals surface area contributed by atoms with Crippen LogP contribution in [0.3, 0.4) is 0 Å². The van der Waals surface area contributed by atoms with Crippen molar-refractivity contribution in [1.29, 1.82) is 0 Å². The molecule has 0 atom stereocenters. The second-order valence-electron chi connectivity index (χ2n) is 5.11. The van der Waals surface area contributed by atoms with Crippen LogP contribution in [-0.2, 0) is 22.6 Å². The van der Waals surface area contributed by atoms with E-state index >= 15 is 0 Å². The Morgan fingerprint density at radius 1 is 1.23 bits per heavy atom. The first-order valence-corrected chi connectivity index (χ1v) is 6.92. The number of aliphatic carboxylic acids is 1. The zero-order valence-electron chi connectivity index (χ0n) is 12.6. The summed E-state index contributed by atoms with van der Waals surface area (Å²) < 4.78 is 5.04. The second-order valence-corrected chi connectivity index (χ2v) is 5.11. The first-order chi connectivity index (χ1) is 10.5. The Balaban J connectivity index is 2.14. The van der Waals surface area contributed by atoms with Crippen LogP contribution in [0.25, 0.3) is 0 Å². The van der Waals surface area contributed by atoms with Crippen molar-refractivity contribution in [2.24, 2.45) is 0 Å². The number of hydrogen-bond donors (Lipinski definition) is 1. The predicted octanol–water partition coefficient (Wildman–Crippen LogP) is 1.95. The summed E-state index contributed by atoms with van der Waals surface area (Å²) >= 11 is 0. The lowest BCUT2D eigenvalue weighted by molar-refractivity contribution is -0.144. The molecular weight excluding hydrogens is 284 g/mol. The first-order valence-electron chi connectivity index (χ1n) is 6.92. The van der Waals surface area contributed by atoms with Crippen LogP contribution >= 0.6 is 0 Å². The van der Waals surface area contributed by atoms with E-state index in [1.165, 1.54) is 4.90 Å². The van der Waals surface area contributed by atoms with Crippen molar-refractivity contribution in [2.75, 3.05) is 6.54 Å². The van der Waals surface area contributed by atoms with Gasteiger partial charge in [0.05, 0.1) is 12.1 Å². The van der Waals surface area contributed by atoms with Crippen LogP contribution in [0.5, 0.6) is 0 Å². The van der Waals surface area contributed by atoms with E-state index in [1.54, 1.807) is 13.8 Å².